The van der Waals surface area contributed by atoms with Gasteiger partial charge in [0.1, 0.15) is 0 Å². The summed E-state index contributed by atoms with van der Waals surface area (Å²) in [6, 6.07) is 6.41. The van der Waals surface area contributed by atoms with Crippen LogP contribution < -0.4 is 5.56 Å². The van der Waals surface area contributed by atoms with Crippen molar-refractivity contribution >= 4 is 16.5 Å². The number of rotatable bonds is 4. The average molecular weight is 260 g/mol. The highest BCUT2D eigenvalue weighted by Gasteiger charge is 2.16. The monoisotopic (exact) mass is 260 g/mol. The van der Waals surface area contributed by atoms with Crippen molar-refractivity contribution in [1.29, 1.82) is 0 Å². The normalized spacial score (nSPS) is 11.1. The summed E-state index contributed by atoms with van der Waals surface area (Å²) in [7, 11) is 0. The van der Waals surface area contributed by atoms with Crippen LogP contribution in [0.5, 0.6) is 0 Å². The second-order valence-corrected chi connectivity index (χ2v) is 4.49. The van der Waals surface area contributed by atoms with Gasteiger partial charge in [-0.25, -0.2) is 0 Å². The highest BCUT2D eigenvalue weighted by atomic mass is 16.6. The summed E-state index contributed by atoms with van der Waals surface area (Å²) in [4.78, 5) is 22.9. The molecule has 0 aliphatic carbocycles. The average Bonchev–Trinajstić information content (AvgIpc) is 2.42. The Hall–Kier alpha value is -2.17. The van der Waals surface area contributed by atoms with Crippen LogP contribution in [0.2, 0.25) is 0 Å². The van der Waals surface area contributed by atoms with E-state index in [0.29, 0.717) is 10.8 Å². The van der Waals surface area contributed by atoms with E-state index >= 15 is 0 Å². The number of benzene rings is 1. The fourth-order valence-electron chi connectivity index (χ4n) is 2.41. The van der Waals surface area contributed by atoms with Gasteiger partial charge in [-0.2, -0.15) is 0 Å². The summed E-state index contributed by atoms with van der Waals surface area (Å²) < 4.78 is 1.67. The number of hydrogen-bond acceptors (Lipinski definition) is 3. The van der Waals surface area contributed by atoms with Crippen molar-refractivity contribution in [3.8, 4) is 0 Å². The maximum absolute atomic E-state index is 12.4. The molecule has 100 valence electrons. The molecule has 0 amide bonds. The SMILES string of the molecule is CCC(CC)n1ccc2c([N+](=O)[O-])cccc2c1=O. The summed E-state index contributed by atoms with van der Waals surface area (Å²) >= 11 is 0. The number of nitro benzene ring substituents is 1. The molecular formula is C14H16N2O3. The van der Waals surface area contributed by atoms with Crippen molar-refractivity contribution in [2.24, 2.45) is 0 Å². The summed E-state index contributed by atoms with van der Waals surface area (Å²) in [6.07, 6.45) is 3.38. The lowest BCUT2D eigenvalue weighted by atomic mass is 10.1. The van der Waals surface area contributed by atoms with Gasteiger partial charge in [0.25, 0.3) is 11.2 Å². The van der Waals surface area contributed by atoms with Crippen LogP contribution in [0.4, 0.5) is 5.69 Å². The van der Waals surface area contributed by atoms with Gasteiger partial charge in [0.15, 0.2) is 0 Å². The lowest BCUT2D eigenvalue weighted by Gasteiger charge is -2.16. The molecule has 0 radical (unpaired) electrons. The van der Waals surface area contributed by atoms with Gasteiger partial charge in [-0.1, -0.05) is 19.9 Å². The molecule has 0 aliphatic rings. The van der Waals surface area contributed by atoms with Gasteiger partial charge in [0.2, 0.25) is 0 Å². The van der Waals surface area contributed by atoms with Crippen LogP contribution >= 0.6 is 0 Å². The van der Waals surface area contributed by atoms with Crippen molar-refractivity contribution in [2.75, 3.05) is 0 Å². The minimum absolute atomic E-state index is 0.0219. The smallest absolute Gasteiger partial charge is 0.277 e. The predicted octanol–water partition coefficient (Wildman–Crippen LogP) is 3.27. The van der Waals surface area contributed by atoms with E-state index < -0.39 is 4.92 Å². The first-order chi connectivity index (χ1) is 9.10. The molecule has 5 nitrogen and oxygen atoms in total. The Kier molecular flexibility index (Phi) is 3.64. The third-order valence-corrected chi connectivity index (χ3v) is 3.48. The molecule has 0 bridgehead atoms. The van der Waals surface area contributed by atoms with Crippen molar-refractivity contribution in [2.45, 2.75) is 32.7 Å². The maximum Gasteiger partial charge on any atom is 0.277 e. The minimum Gasteiger partial charge on any atom is -0.312 e. The Bertz CT molecular complexity index is 672. The number of pyridine rings is 1. The predicted molar refractivity (Wildman–Crippen MR) is 74.5 cm³/mol. The Morgan fingerprint density at radius 3 is 2.47 bits per heavy atom. The first-order valence-electron chi connectivity index (χ1n) is 6.38. The summed E-state index contributed by atoms with van der Waals surface area (Å²) in [5.74, 6) is 0. The topological polar surface area (TPSA) is 65.1 Å². The molecule has 0 N–H and O–H groups in total. The van der Waals surface area contributed by atoms with E-state index in [1.54, 1.807) is 29.0 Å². The molecule has 0 spiro atoms. The molecule has 0 aliphatic heterocycles. The van der Waals surface area contributed by atoms with E-state index in [1.165, 1.54) is 6.07 Å². The van der Waals surface area contributed by atoms with Crippen LogP contribution in [-0.2, 0) is 0 Å². The van der Waals surface area contributed by atoms with Crippen molar-refractivity contribution < 1.29 is 4.92 Å². The summed E-state index contributed by atoms with van der Waals surface area (Å²) in [6.45, 7) is 4.05. The molecular weight excluding hydrogens is 244 g/mol. The first kappa shape index (κ1) is 13.3. The quantitative estimate of drug-likeness (QED) is 0.626. The van der Waals surface area contributed by atoms with Gasteiger partial charge in [-0.3, -0.25) is 14.9 Å². The fourth-order valence-corrected chi connectivity index (χ4v) is 2.41. The molecule has 1 aromatic carbocycles. The Morgan fingerprint density at radius 1 is 1.21 bits per heavy atom. The third-order valence-electron chi connectivity index (χ3n) is 3.48. The molecule has 1 aromatic heterocycles. The molecule has 19 heavy (non-hydrogen) atoms. The molecule has 2 aromatic rings. The van der Waals surface area contributed by atoms with Gasteiger partial charge in [-0.15, -0.1) is 0 Å². The Morgan fingerprint density at radius 2 is 1.89 bits per heavy atom. The van der Waals surface area contributed by atoms with Gasteiger partial charge < -0.3 is 4.57 Å². The molecule has 0 saturated carbocycles. The molecule has 2 rings (SSSR count). The van der Waals surface area contributed by atoms with E-state index in [1.807, 2.05) is 13.8 Å². The molecule has 1 heterocycles. The zero-order chi connectivity index (χ0) is 14.0. The molecule has 0 fully saturated rings. The second kappa shape index (κ2) is 5.22. The number of hydrogen-bond donors (Lipinski definition) is 0. The summed E-state index contributed by atoms with van der Waals surface area (Å²) in [5.41, 5.74) is -0.179. The lowest BCUT2D eigenvalue weighted by Crippen LogP contribution is -2.23. The van der Waals surface area contributed by atoms with Gasteiger partial charge >= 0.3 is 0 Å². The van der Waals surface area contributed by atoms with Crippen LogP contribution in [-0.4, -0.2) is 9.49 Å². The van der Waals surface area contributed by atoms with Crippen LogP contribution in [0, 0.1) is 10.1 Å². The fraction of sp³-hybridized carbons (Fsp3) is 0.357. The van der Waals surface area contributed by atoms with E-state index in [9.17, 15) is 14.9 Å². The van der Waals surface area contributed by atoms with Gasteiger partial charge in [-0.05, 0) is 25.0 Å². The Labute approximate surface area is 110 Å². The highest BCUT2D eigenvalue weighted by Crippen LogP contribution is 2.24. The summed E-state index contributed by atoms with van der Waals surface area (Å²) in [5, 5.41) is 11.8. The molecule has 0 atom stereocenters. The highest BCUT2D eigenvalue weighted by molar-refractivity contribution is 5.89. The minimum atomic E-state index is -0.455. The lowest BCUT2D eigenvalue weighted by molar-refractivity contribution is -0.383. The standard InChI is InChI=1S/C14H16N2O3/c1-3-10(4-2)15-9-8-11-12(14(15)17)6-5-7-13(11)16(18)19/h5-10H,3-4H2,1-2H3. The number of non-ortho nitro benzene ring substituents is 1. The number of aromatic nitrogens is 1. The van der Waals surface area contributed by atoms with E-state index in [2.05, 4.69) is 0 Å². The maximum atomic E-state index is 12.4. The number of nitro groups is 1. The Balaban J connectivity index is 2.73. The zero-order valence-electron chi connectivity index (χ0n) is 11.0. The van der Waals surface area contributed by atoms with Crippen molar-refractivity contribution in [3.63, 3.8) is 0 Å². The molecule has 0 unspecified atom stereocenters. The molecule has 5 heteroatoms. The number of fused-ring (bicyclic) bond motifs is 1. The van der Waals surface area contributed by atoms with Crippen LogP contribution in [0.3, 0.4) is 0 Å². The van der Waals surface area contributed by atoms with Crippen molar-refractivity contribution in [3.05, 3.63) is 50.9 Å². The first-order valence-corrected chi connectivity index (χ1v) is 6.38. The second-order valence-electron chi connectivity index (χ2n) is 4.49. The van der Waals surface area contributed by atoms with E-state index in [4.69, 9.17) is 0 Å². The van der Waals surface area contributed by atoms with E-state index in [-0.39, 0.29) is 17.3 Å². The van der Waals surface area contributed by atoms with Crippen LogP contribution in [0.25, 0.3) is 10.8 Å². The molecule has 0 saturated heterocycles. The van der Waals surface area contributed by atoms with Crippen molar-refractivity contribution in [1.82, 2.24) is 4.57 Å². The third kappa shape index (κ3) is 2.23. The number of nitrogens with zero attached hydrogens (tertiary/aromatic N) is 2. The van der Waals surface area contributed by atoms with Gasteiger partial charge in [0, 0.05) is 18.3 Å². The van der Waals surface area contributed by atoms with Gasteiger partial charge in [0.05, 0.1) is 15.7 Å². The van der Waals surface area contributed by atoms with Crippen LogP contribution in [0.15, 0.2) is 35.3 Å². The van der Waals surface area contributed by atoms with Crippen LogP contribution in [0.1, 0.15) is 32.7 Å². The zero-order valence-corrected chi connectivity index (χ0v) is 11.0. The largest absolute Gasteiger partial charge is 0.312 e. The van der Waals surface area contributed by atoms with E-state index in [0.717, 1.165) is 12.8 Å².